The lowest BCUT2D eigenvalue weighted by atomic mass is 9.82. The van der Waals surface area contributed by atoms with Crippen molar-refractivity contribution in [2.45, 2.75) is 46.5 Å². The fourth-order valence-electron chi connectivity index (χ4n) is 4.30. The van der Waals surface area contributed by atoms with E-state index >= 15 is 0 Å². The molecule has 3 rings (SSSR count). The average molecular weight is 390 g/mol. The van der Waals surface area contributed by atoms with Crippen LogP contribution in [0.15, 0.2) is 66.2 Å². The van der Waals surface area contributed by atoms with E-state index in [-0.39, 0.29) is 0 Å². The van der Waals surface area contributed by atoms with Gasteiger partial charge in [-0.15, -0.1) is 0 Å². The smallest absolute Gasteiger partial charge is 0.0656 e. The number of benzene rings is 2. The Bertz CT molecular complexity index is 829. The molecule has 0 bridgehead atoms. The lowest BCUT2D eigenvalue weighted by Gasteiger charge is -2.34. The summed E-state index contributed by atoms with van der Waals surface area (Å²) in [4.78, 5) is 2.62. The molecule has 2 heteroatoms. The van der Waals surface area contributed by atoms with Gasteiger partial charge in [-0.25, -0.2) is 0 Å². The van der Waals surface area contributed by atoms with E-state index in [1.807, 2.05) is 0 Å². The van der Waals surface area contributed by atoms with Gasteiger partial charge in [-0.2, -0.15) is 0 Å². The van der Waals surface area contributed by atoms with E-state index in [1.165, 1.54) is 33.5 Å². The van der Waals surface area contributed by atoms with E-state index in [0.717, 1.165) is 45.4 Å². The summed E-state index contributed by atoms with van der Waals surface area (Å²) in [5.74, 6) is 0. The first-order valence-electron chi connectivity index (χ1n) is 11.2. The molecule has 2 nitrogen and oxygen atoms in total. The zero-order valence-electron chi connectivity index (χ0n) is 18.3. The third-order valence-electron chi connectivity index (χ3n) is 5.53. The van der Waals surface area contributed by atoms with Crippen LogP contribution in [0.2, 0.25) is 0 Å². The molecular formula is C27H35NO. The van der Waals surface area contributed by atoms with E-state index in [9.17, 15) is 0 Å². The number of hydrogen-bond acceptors (Lipinski definition) is 2. The summed E-state index contributed by atoms with van der Waals surface area (Å²) in [6.07, 6.45) is 6.77. The summed E-state index contributed by atoms with van der Waals surface area (Å²) in [5, 5.41) is 0. The van der Waals surface area contributed by atoms with Gasteiger partial charge in [0.1, 0.15) is 0 Å². The van der Waals surface area contributed by atoms with E-state index in [0.29, 0.717) is 6.61 Å². The largest absolute Gasteiger partial charge is 0.378 e. The van der Waals surface area contributed by atoms with Crippen LogP contribution in [0.4, 0.5) is 0 Å². The maximum absolute atomic E-state index is 5.72. The van der Waals surface area contributed by atoms with Crippen LogP contribution in [0.25, 0.3) is 11.3 Å². The molecule has 154 valence electrons. The molecule has 0 N–H and O–H groups in total. The van der Waals surface area contributed by atoms with Gasteiger partial charge >= 0.3 is 0 Å². The Morgan fingerprint density at radius 2 is 1.59 bits per heavy atom. The summed E-state index contributed by atoms with van der Waals surface area (Å²) in [7, 11) is 0. The second-order valence-electron chi connectivity index (χ2n) is 7.61. The fraction of sp³-hybridized carbons (Fsp3) is 0.407. The molecule has 0 fully saturated rings. The van der Waals surface area contributed by atoms with Crippen molar-refractivity contribution in [1.82, 2.24) is 4.90 Å². The van der Waals surface area contributed by atoms with Crippen LogP contribution in [0.5, 0.6) is 0 Å². The van der Waals surface area contributed by atoms with E-state index in [1.54, 1.807) is 0 Å². The SMILES string of the molecule is CCCN(CCC)C1=C(/C(=C\COCC)c2ccccc2)CCc2ccccc21. The van der Waals surface area contributed by atoms with Gasteiger partial charge in [0.2, 0.25) is 0 Å². The highest BCUT2D eigenvalue weighted by atomic mass is 16.5. The Balaban J connectivity index is 2.19. The topological polar surface area (TPSA) is 12.5 Å². The number of allylic oxidation sites excluding steroid dienone is 2. The van der Waals surface area contributed by atoms with Crippen molar-refractivity contribution in [3.05, 3.63) is 82.9 Å². The molecule has 0 radical (unpaired) electrons. The number of fused-ring (bicyclic) bond motifs is 1. The summed E-state index contributed by atoms with van der Waals surface area (Å²) >= 11 is 0. The number of rotatable bonds is 10. The average Bonchev–Trinajstić information content (AvgIpc) is 2.77. The Morgan fingerprint density at radius 3 is 2.28 bits per heavy atom. The van der Waals surface area contributed by atoms with Crippen LogP contribution in [-0.2, 0) is 11.2 Å². The number of aryl methyl sites for hydroxylation is 1. The van der Waals surface area contributed by atoms with Crippen LogP contribution in [0.3, 0.4) is 0 Å². The van der Waals surface area contributed by atoms with Gasteiger partial charge in [-0.3, -0.25) is 0 Å². The molecule has 0 saturated heterocycles. The highest BCUT2D eigenvalue weighted by Crippen LogP contribution is 2.40. The van der Waals surface area contributed by atoms with Gasteiger partial charge in [0.05, 0.1) is 6.61 Å². The van der Waals surface area contributed by atoms with Crippen molar-refractivity contribution in [2.24, 2.45) is 0 Å². The molecule has 29 heavy (non-hydrogen) atoms. The Kier molecular flexibility index (Phi) is 8.13. The molecule has 1 aliphatic carbocycles. The number of nitrogens with zero attached hydrogens (tertiary/aromatic N) is 1. The lowest BCUT2D eigenvalue weighted by molar-refractivity contribution is 0.178. The van der Waals surface area contributed by atoms with Crippen LogP contribution in [0.1, 0.15) is 56.7 Å². The van der Waals surface area contributed by atoms with E-state index in [2.05, 4.69) is 86.3 Å². The first kappa shape index (κ1) is 21.4. The maximum Gasteiger partial charge on any atom is 0.0656 e. The molecule has 0 spiro atoms. The molecule has 2 aromatic carbocycles. The van der Waals surface area contributed by atoms with Gasteiger partial charge < -0.3 is 9.64 Å². The van der Waals surface area contributed by atoms with Crippen LogP contribution in [-0.4, -0.2) is 31.2 Å². The number of hydrogen-bond donors (Lipinski definition) is 0. The first-order chi connectivity index (χ1) is 14.3. The predicted molar refractivity (Wildman–Crippen MR) is 125 cm³/mol. The highest BCUT2D eigenvalue weighted by molar-refractivity contribution is 5.90. The van der Waals surface area contributed by atoms with Crippen LogP contribution >= 0.6 is 0 Å². The fourth-order valence-corrected chi connectivity index (χ4v) is 4.30. The minimum Gasteiger partial charge on any atom is -0.378 e. The molecule has 0 unspecified atom stereocenters. The zero-order valence-corrected chi connectivity index (χ0v) is 18.3. The molecular weight excluding hydrogens is 354 g/mol. The third kappa shape index (κ3) is 5.19. The van der Waals surface area contributed by atoms with Gasteiger partial charge in [0, 0.05) is 31.0 Å². The van der Waals surface area contributed by atoms with E-state index in [4.69, 9.17) is 4.74 Å². The van der Waals surface area contributed by atoms with Crippen LogP contribution in [0, 0.1) is 0 Å². The standard InChI is InChI=1S/C27H35NO/c1-4-19-28(20-5-2)27-25-15-11-10-14-23(25)16-17-26(27)24(18-21-29-6-3)22-12-8-7-9-13-22/h7-15,18H,4-6,16-17,19-21H2,1-3H3/b24-18-. The van der Waals surface area contributed by atoms with Crippen molar-refractivity contribution in [1.29, 1.82) is 0 Å². The third-order valence-corrected chi connectivity index (χ3v) is 5.53. The molecule has 0 amide bonds. The predicted octanol–water partition coefficient (Wildman–Crippen LogP) is 6.59. The molecule has 0 aromatic heterocycles. The van der Waals surface area contributed by atoms with E-state index < -0.39 is 0 Å². The van der Waals surface area contributed by atoms with Gasteiger partial charge in [-0.1, -0.05) is 74.5 Å². The highest BCUT2D eigenvalue weighted by Gasteiger charge is 2.25. The normalized spacial score (nSPS) is 14.1. The minimum atomic E-state index is 0.653. The lowest BCUT2D eigenvalue weighted by Crippen LogP contribution is -2.27. The quantitative estimate of drug-likeness (QED) is 0.425. The Labute approximate surface area is 176 Å². The molecule has 0 atom stereocenters. The molecule has 0 heterocycles. The monoisotopic (exact) mass is 389 g/mol. The Hall–Kier alpha value is -2.32. The van der Waals surface area contributed by atoms with Crippen molar-refractivity contribution < 1.29 is 4.74 Å². The molecule has 2 aromatic rings. The summed E-state index contributed by atoms with van der Waals surface area (Å²) in [6, 6.07) is 19.8. The van der Waals surface area contributed by atoms with Crippen molar-refractivity contribution >= 4 is 11.3 Å². The summed E-state index contributed by atoms with van der Waals surface area (Å²) in [5.41, 5.74) is 8.40. The maximum atomic E-state index is 5.72. The second kappa shape index (κ2) is 11.0. The van der Waals surface area contributed by atoms with Crippen LogP contribution < -0.4 is 0 Å². The zero-order chi connectivity index (χ0) is 20.5. The molecule has 0 aliphatic heterocycles. The second-order valence-corrected chi connectivity index (χ2v) is 7.61. The van der Waals surface area contributed by atoms with Crippen molar-refractivity contribution in [2.75, 3.05) is 26.3 Å². The first-order valence-corrected chi connectivity index (χ1v) is 11.2. The van der Waals surface area contributed by atoms with Gasteiger partial charge in [0.15, 0.2) is 0 Å². The minimum absolute atomic E-state index is 0.653. The Morgan fingerprint density at radius 1 is 0.897 bits per heavy atom. The van der Waals surface area contributed by atoms with Gasteiger partial charge in [0.25, 0.3) is 0 Å². The molecule has 0 saturated carbocycles. The van der Waals surface area contributed by atoms with Gasteiger partial charge in [-0.05, 0) is 54.9 Å². The number of ether oxygens (including phenoxy) is 1. The van der Waals surface area contributed by atoms with Crippen molar-refractivity contribution in [3.8, 4) is 0 Å². The summed E-state index contributed by atoms with van der Waals surface area (Å²) < 4.78 is 5.72. The van der Waals surface area contributed by atoms with Crippen molar-refractivity contribution in [3.63, 3.8) is 0 Å². The molecule has 1 aliphatic rings. The summed E-state index contributed by atoms with van der Waals surface area (Å²) in [6.45, 7) is 10.2.